The zero-order chi connectivity index (χ0) is 20.6. The van der Waals surface area contributed by atoms with Gasteiger partial charge in [0.05, 0.1) is 6.10 Å². The van der Waals surface area contributed by atoms with Gasteiger partial charge >= 0.3 is 0 Å². The van der Waals surface area contributed by atoms with Gasteiger partial charge in [0.1, 0.15) is 11.6 Å². The van der Waals surface area contributed by atoms with E-state index in [0.717, 1.165) is 31.4 Å². The fourth-order valence-electron chi connectivity index (χ4n) is 3.83. The first-order valence-electron chi connectivity index (χ1n) is 10.6. The molecule has 1 atom stereocenters. The molecule has 0 saturated carbocycles. The van der Waals surface area contributed by atoms with Gasteiger partial charge in [-0.25, -0.2) is 4.39 Å². The van der Waals surface area contributed by atoms with E-state index < -0.39 is 0 Å². The first-order valence-corrected chi connectivity index (χ1v) is 10.6. The van der Waals surface area contributed by atoms with Gasteiger partial charge in [0.15, 0.2) is 0 Å². The molecule has 0 saturated heterocycles. The second-order valence-corrected chi connectivity index (χ2v) is 8.01. The van der Waals surface area contributed by atoms with Crippen molar-refractivity contribution in [1.29, 1.82) is 0 Å². The average molecular weight is 391 g/mol. The normalized spacial score (nSPS) is 12.2. The zero-order valence-corrected chi connectivity index (χ0v) is 17.7. The van der Waals surface area contributed by atoms with Gasteiger partial charge in [-0.15, -0.1) is 0 Å². The Morgan fingerprint density at radius 2 is 1.41 bits per heavy atom. The highest BCUT2D eigenvalue weighted by atomic mass is 19.1. The van der Waals surface area contributed by atoms with Gasteiger partial charge < -0.3 is 4.74 Å². The Morgan fingerprint density at radius 3 is 2.03 bits per heavy atom. The Labute approximate surface area is 174 Å². The molecule has 0 fully saturated rings. The predicted octanol–water partition coefficient (Wildman–Crippen LogP) is 7.47. The molecule has 0 aromatic heterocycles. The Hall–Kier alpha value is -2.61. The fraction of sp³-hybridized carbons (Fsp3) is 0.333. The third-order valence-electron chi connectivity index (χ3n) is 5.38. The van der Waals surface area contributed by atoms with Crippen molar-refractivity contribution in [2.75, 3.05) is 0 Å². The highest BCUT2D eigenvalue weighted by molar-refractivity contribution is 5.36. The van der Waals surface area contributed by atoms with E-state index in [1.807, 2.05) is 38.1 Å². The molecule has 0 amide bonds. The standard InChI is InChI=1S/C27H31FO/c1-20(2)29-26-18-14-24(15-19-26)27(23-12-16-25(28)17-13-23)11-7-6-10-22-9-5-4-8-21(22)3/h4-5,8-9,12-20,27H,6-7,10-11H2,1-3H3. The summed E-state index contributed by atoms with van der Waals surface area (Å²) in [6.07, 6.45) is 4.58. The van der Waals surface area contributed by atoms with Gasteiger partial charge in [0, 0.05) is 5.92 Å². The topological polar surface area (TPSA) is 9.23 Å². The molecule has 0 aliphatic heterocycles. The molecule has 2 heteroatoms. The maximum Gasteiger partial charge on any atom is 0.123 e. The second-order valence-electron chi connectivity index (χ2n) is 8.01. The number of hydrogen-bond donors (Lipinski definition) is 0. The van der Waals surface area contributed by atoms with Crippen LogP contribution >= 0.6 is 0 Å². The van der Waals surface area contributed by atoms with Crippen molar-refractivity contribution in [2.45, 2.75) is 58.5 Å². The maximum absolute atomic E-state index is 13.4. The Morgan fingerprint density at radius 1 is 0.793 bits per heavy atom. The van der Waals surface area contributed by atoms with Crippen LogP contribution in [0.5, 0.6) is 5.75 Å². The van der Waals surface area contributed by atoms with E-state index in [9.17, 15) is 4.39 Å². The van der Waals surface area contributed by atoms with Gasteiger partial charge in [0.25, 0.3) is 0 Å². The largest absolute Gasteiger partial charge is 0.491 e. The summed E-state index contributed by atoms with van der Waals surface area (Å²) in [7, 11) is 0. The highest BCUT2D eigenvalue weighted by Crippen LogP contribution is 2.31. The van der Waals surface area contributed by atoms with E-state index in [0.29, 0.717) is 0 Å². The molecule has 0 radical (unpaired) electrons. The summed E-state index contributed by atoms with van der Waals surface area (Å²) in [4.78, 5) is 0. The molecule has 1 unspecified atom stereocenters. The molecule has 0 aliphatic carbocycles. The van der Waals surface area contributed by atoms with E-state index in [1.165, 1.54) is 22.3 Å². The molecule has 3 rings (SSSR count). The molecule has 0 heterocycles. The van der Waals surface area contributed by atoms with E-state index in [1.54, 1.807) is 12.1 Å². The number of unbranched alkanes of at least 4 members (excludes halogenated alkanes) is 1. The van der Waals surface area contributed by atoms with E-state index >= 15 is 0 Å². The number of hydrogen-bond acceptors (Lipinski definition) is 1. The number of ether oxygens (including phenoxy) is 1. The molecule has 3 aromatic rings. The number of halogens is 1. The molecular weight excluding hydrogens is 359 g/mol. The van der Waals surface area contributed by atoms with Gasteiger partial charge in [-0.05, 0) is 86.6 Å². The van der Waals surface area contributed by atoms with Crippen molar-refractivity contribution in [2.24, 2.45) is 0 Å². The van der Waals surface area contributed by atoms with Crippen LogP contribution in [0, 0.1) is 12.7 Å². The molecule has 3 aromatic carbocycles. The summed E-state index contributed by atoms with van der Waals surface area (Å²) in [6, 6.07) is 23.9. The number of aryl methyl sites for hydroxylation is 2. The molecule has 0 N–H and O–H groups in total. The first-order chi connectivity index (χ1) is 14.0. The minimum absolute atomic E-state index is 0.162. The van der Waals surface area contributed by atoms with Crippen molar-refractivity contribution >= 4 is 0 Å². The first kappa shape index (κ1) is 21.1. The van der Waals surface area contributed by atoms with Crippen molar-refractivity contribution in [1.82, 2.24) is 0 Å². The van der Waals surface area contributed by atoms with E-state index in [4.69, 9.17) is 4.74 Å². The van der Waals surface area contributed by atoms with Crippen LogP contribution in [0.25, 0.3) is 0 Å². The summed E-state index contributed by atoms with van der Waals surface area (Å²) in [5.41, 5.74) is 5.22. The average Bonchev–Trinajstić information content (AvgIpc) is 2.71. The van der Waals surface area contributed by atoms with Crippen molar-refractivity contribution in [3.63, 3.8) is 0 Å². The van der Waals surface area contributed by atoms with Crippen molar-refractivity contribution in [3.8, 4) is 5.75 Å². The smallest absolute Gasteiger partial charge is 0.123 e. The molecule has 0 bridgehead atoms. The Kier molecular flexibility index (Phi) is 7.46. The Bertz CT molecular complexity index is 881. The number of benzene rings is 3. The van der Waals surface area contributed by atoms with Crippen LogP contribution in [0.3, 0.4) is 0 Å². The SMILES string of the molecule is Cc1ccccc1CCCCC(c1ccc(F)cc1)c1ccc(OC(C)C)cc1. The minimum Gasteiger partial charge on any atom is -0.491 e. The monoisotopic (exact) mass is 390 g/mol. The summed E-state index contributed by atoms with van der Waals surface area (Å²) >= 11 is 0. The zero-order valence-electron chi connectivity index (χ0n) is 17.7. The molecule has 0 spiro atoms. The van der Waals surface area contributed by atoms with Gasteiger partial charge in [-0.1, -0.05) is 55.0 Å². The van der Waals surface area contributed by atoms with Crippen molar-refractivity contribution < 1.29 is 9.13 Å². The predicted molar refractivity (Wildman–Crippen MR) is 119 cm³/mol. The maximum atomic E-state index is 13.4. The lowest BCUT2D eigenvalue weighted by Crippen LogP contribution is -2.06. The van der Waals surface area contributed by atoms with Crippen molar-refractivity contribution in [3.05, 3.63) is 101 Å². The lowest BCUT2D eigenvalue weighted by atomic mass is 9.86. The van der Waals surface area contributed by atoms with E-state index in [-0.39, 0.29) is 17.8 Å². The second kappa shape index (κ2) is 10.2. The third-order valence-corrected chi connectivity index (χ3v) is 5.38. The van der Waals surface area contributed by atoms with Crippen LogP contribution in [-0.4, -0.2) is 6.10 Å². The van der Waals surface area contributed by atoms with Crippen LogP contribution < -0.4 is 4.74 Å². The summed E-state index contributed by atoms with van der Waals surface area (Å²) in [5, 5.41) is 0. The summed E-state index contributed by atoms with van der Waals surface area (Å²) in [6.45, 7) is 6.24. The summed E-state index contributed by atoms with van der Waals surface area (Å²) < 4.78 is 19.2. The lowest BCUT2D eigenvalue weighted by Gasteiger charge is -2.19. The quantitative estimate of drug-likeness (QED) is 0.344. The molecule has 152 valence electrons. The number of rotatable bonds is 9. The fourth-order valence-corrected chi connectivity index (χ4v) is 3.83. The van der Waals surface area contributed by atoms with Crippen LogP contribution in [0.2, 0.25) is 0 Å². The van der Waals surface area contributed by atoms with Gasteiger partial charge in [-0.2, -0.15) is 0 Å². The van der Waals surface area contributed by atoms with E-state index in [2.05, 4.69) is 43.3 Å². The third kappa shape index (κ3) is 6.19. The minimum atomic E-state index is -0.187. The summed E-state index contributed by atoms with van der Waals surface area (Å²) in [5.74, 6) is 0.967. The van der Waals surface area contributed by atoms with Crippen LogP contribution in [0.4, 0.5) is 4.39 Å². The lowest BCUT2D eigenvalue weighted by molar-refractivity contribution is 0.242. The molecule has 1 nitrogen and oxygen atoms in total. The van der Waals surface area contributed by atoms with Crippen LogP contribution in [0.1, 0.15) is 61.3 Å². The molecule has 0 aliphatic rings. The van der Waals surface area contributed by atoms with Crippen LogP contribution in [0.15, 0.2) is 72.8 Å². The Balaban J connectivity index is 1.69. The van der Waals surface area contributed by atoms with Gasteiger partial charge in [-0.3, -0.25) is 0 Å². The van der Waals surface area contributed by atoms with Crippen LogP contribution in [-0.2, 0) is 6.42 Å². The van der Waals surface area contributed by atoms with Gasteiger partial charge in [0.2, 0.25) is 0 Å². The highest BCUT2D eigenvalue weighted by Gasteiger charge is 2.15. The molecule has 29 heavy (non-hydrogen) atoms. The molecular formula is C27H31FO.